The van der Waals surface area contributed by atoms with E-state index in [4.69, 9.17) is 10.5 Å². The van der Waals surface area contributed by atoms with Gasteiger partial charge >= 0.3 is 5.97 Å². The predicted octanol–water partition coefficient (Wildman–Crippen LogP) is 2.90. The van der Waals surface area contributed by atoms with Gasteiger partial charge in [-0.15, -0.1) is 0 Å². The van der Waals surface area contributed by atoms with Gasteiger partial charge in [-0.25, -0.2) is 9.18 Å². The molecule has 0 unspecified atom stereocenters. The molecule has 20 heavy (non-hydrogen) atoms. The maximum atomic E-state index is 13.0. The molecule has 104 valence electrons. The number of hydrogen-bond acceptors (Lipinski definition) is 3. The van der Waals surface area contributed by atoms with Crippen molar-refractivity contribution in [2.75, 3.05) is 5.73 Å². The molecule has 4 nitrogen and oxygen atoms in total. The third-order valence-corrected chi connectivity index (χ3v) is 3.28. The molecule has 1 aliphatic carbocycles. The molecule has 0 amide bonds. The summed E-state index contributed by atoms with van der Waals surface area (Å²) >= 11 is 0. The molecule has 1 fully saturated rings. The summed E-state index contributed by atoms with van der Waals surface area (Å²) < 4.78 is 20.1. The van der Waals surface area contributed by atoms with Crippen LogP contribution < -0.4 is 5.73 Å². The Balaban J connectivity index is 1.70. The number of rotatable bonds is 4. The molecule has 5 heteroatoms. The van der Waals surface area contributed by atoms with Crippen molar-refractivity contribution in [1.82, 2.24) is 4.57 Å². The lowest BCUT2D eigenvalue weighted by Crippen LogP contribution is -2.11. The van der Waals surface area contributed by atoms with Gasteiger partial charge in [0.2, 0.25) is 0 Å². The lowest BCUT2D eigenvalue weighted by molar-refractivity contribution is 0.0459. The second kappa shape index (κ2) is 5.00. The fourth-order valence-electron chi connectivity index (χ4n) is 2.17. The quantitative estimate of drug-likeness (QED) is 0.872. The van der Waals surface area contributed by atoms with Crippen molar-refractivity contribution >= 4 is 11.7 Å². The molecular formula is C15H15FN2O2. The Hall–Kier alpha value is -2.30. The van der Waals surface area contributed by atoms with Crippen molar-refractivity contribution < 1.29 is 13.9 Å². The van der Waals surface area contributed by atoms with E-state index >= 15 is 0 Å². The van der Waals surface area contributed by atoms with Crippen molar-refractivity contribution in [3.8, 4) is 0 Å². The van der Waals surface area contributed by atoms with Gasteiger partial charge in [0.1, 0.15) is 18.1 Å². The van der Waals surface area contributed by atoms with Crippen LogP contribution >= 0.6 is 0 Å². The van der Waals surface area contributed by atoms with Gasteiger partial charge in [-0.3, -0.25) is 0 Å². The molecule has 0 spiro atoms. The van der Waals surface area contributed by atoms with Gasteiger partial charge in [-0.2, -0.15) is 0 Å². The molecule has 2 aromatic rings. The molecule has 1 saturated carbocycles. The molecule has 0 bridgehead atoms. The van der Waals surface area contributed by atoms with Gasteiger partial charge in [-0.05, 0) is 36.6 Å². The highest BCUT2D eigenvalue weighted by Gasteiger charge is 2.28. The Labute approximate surface area is 116 Å². The molecule has 1 aliphatic rings. The largest absolute Gasteiger partial charge is 0.456 e. The highest BCUT2D eigenvalue weighted by Crippen LogP contribution is 2.37. The van der Waals surface area contributed by atoms with E-state index in [9.17, 15) is 9.18 Å². The summed E-state index contributed by atoms with van der Waals surface area (Å²) in [5.74, 6) is -0.776. The van der Waals surface area contributed by atoms with Crippen LogP contribution in [0, 0.1) is 5.82 Å². The smallest absolute Gasteiger partial charge is 0.355 e. The molecule has 0 radical (unpaired) electrons. The Morgan fingerprint density at radius 3 is 2.90 bits per heavy atom. The number of aromatic nitrogens is 1. The summed E-state index contributed by atoms with van der Waals surface area (Å²) in [6.07, 6.45) is 3.87. The number of carbonyl (C=O) groups is 1. The van der Waals surface area contributed by atoms with Gasteiger partial charge in [0.25, 0.3) is 0 Å². The number of halogens is 1. The minimum Gasteiger partial charge on any atom is -0.456 e. The van der Waals surface area contributed by atoms with Crippen LogP contribution in [0.1, 0.15) is 34.9 Å². The molecule has 1 aromatic carbocycles. The predicted molar refractivity (Wildman–Crippen MR) is 72.6 cm³/mol. The fraction of sp³-hybridized carbons (Fsp3) is 0.267. The van der Waals surface area contributed by atoms with E-state index in [-0.39, 0.29) is 12.4 Å². The van der Waals surface area contributed by atoms with Crippen molar-refractivity contribution in [1.29, 1.82) is 0 Å². The van der Waals surface area contributed by atoms with Crippen LogP contribution in [0.15, 0.2) is 36.5 Å². The van der Waals surface area contributed by atoms with E-state index in [2.05, 4.69) is 0 Å². The van der Waals surface area contributed by atoms with Crippen LogP contribution in [0.25, 0.3) is 0 Å². The van der Waals surface area contributed by atoms with Gasteiger partial charge in [-0.1, -0.05) is 12.1 Å². The number of benzene rings is 1. The van der Waals surface area contributed by atoms with Crippen LogP contribution in [-0.4, -0.2) is 10.5 Å². The van der Waals surface area contributed by atoms with Gasteiger partial charge in [0, 0.05) is 12.2 Å². The molecule has 0 aliphatic heterocycles. The van der Waals surface area contributed by atoms with E-state index in [1.807, 2.05) is 4.57 Å². The second-order valence-electron chi connectivity index (χ2n) is 5.00. The van der Waals surface area contributed by atoms with Crippen LogP contribution in [-0.2, 0) is 11.3 Å². The van der Waals surface area contributed by atoms with Crippen molar-refractivity contribution in [2.24, 2.45) is 0 Å². The minimum atomic E-state index is -0.433. The van der Waals surface area contributed by atoms with Crippen LogP contribution in [0.5, 0.6) is 0 Å². The molecule has 1 aromatic heterocycles. The van der Waals surface area contributed by atoms with Crippen molar-refractivity contribution in [3.63, 3.8) is 0 Å². The molecule has 3 rings (SSSR count). The zero-order chi connectivity index (χ0) is 14.1. The lowest BCUT2D eigenvalue weighted by atomic mass is 10.2. The summed E-state index contributed by atoms with van der Waals surface area (Å²) in [5, 5.41) is 0. The molecule has 2 N–H and O–H groups in total. The summed E-state index contributed by atoms with van der Waals surface area (Å²) in [4.78, 5) is 12.1. The van der Waals surface area contributed by atoms with E-state index in [1.165, 1.54) is 12.1 Å². The first-order valence-corrected chi connectivity index (χ1v) is 6.52. The Morgan fingerprint density at radius 1 is 1.40 bits per heavy atom. The Kier molecular flexibility index (Phi) is 3.18. The number of carbonyl (C=O) groups excluding carboxylic acids is 1. The van der Waals surface area contributed by atoms with Gasteiger partial charge < -0.3 is 15.0 Å². The number of ether oxygens (including phenoxy) is 1. The number of hydrogen-bond donors (Lipinski definition) is 1. The summed E-state index contributed by atoms with van der Waals surface area (Å²) in [7, 11) is 0. The van der Waals surface area contributed by atoms with Crippen molar-refractivity contribution in [3.05, 3.63) is 53.6 Å². The first kappa shape index (κ1) is 12.7. The minimum absolute atomic E-state index is 0.0480. The van der Waals surface area contributed by atoms with Gasteiger partial charge in [0.05, 0.1) is 5.69 Å². The third kappa shape index (κ3) is 2.66. The van der Waals surface area contributed by atoms with Gasteiger partial charge in [0.15, 0.2) is 0 Å². The SMILES string of the molecule is Nc1cc(C(=O)OCc2cccc(F)c2)n(C2CC2)c1. The van der Waals surface area contributed by atoms with E-state index in [1.54, 1.807) is 24.4 Å². The zero-order valence-corrected chi connectivity index (χ0v) is 10.9. The van der Waals surface area contributed by atoms with Crippen LogP contribution in [0.4, 0.5) is 10.1 Å². The summed E-state index contributed by atoms with van der Waals surface area (Å²) in [5.41, 5.74) is 7.36. The Morgan fingerprint density at radius 2 is 2.20 bits per heavy atom. The highest BCUT2D eigenvalue weighted by atomic mass is 19.1. The highest BCUT2D eigenvalue weighted by molar-refractivity contribution is 5.89. The maximum absolute atomic E-state index is 13.0. The normalized spacial score (nSPS) is 14.2. The molecule has 1 heterocycles. The van der Waals surface area contributed by atoms with Crippen LogP contribution in [0.2, 0.25) is 0 Å². The first-order chi connectivity index (χ1) is 9.63. The number of anilines is 1. The second-order valence-corrected chi connectivity index (χ2v) is 5.00. The maximum Gasteiger partial charge on any atom is 0.355 e. The number of nitrogen functional groups attached to an aromatic ring is 1. The number of nitrogens with zero attached hydrogens (tertiary/aromatic N) is 1. The van der Waals surface area contributed by atoms with E-state index < -0.39 is 5.97 Å². The van der Waals surface area contributed by atoms with Crippen LogP contribution in [0.3, 0.4) is 0 Å². The molecule has 0 saturated heterocycles. The number of nitrogens with two attached hydrogens (primary N) is 1. The monoisotopic (exact) mass is 274 g/mol. The standard InChI is InChI=1S/C15H15FN2O2/c16-11-3-1-2-10(6-11)9-20-15(19)14-7-12(17)8-18(14)13-4-5-13/h1-3,6-8,13H,4-5,9,17H2. The van der Waals surface area contributed by atoms with E-state index in [0.717, 1.165) is 12.8 Å². The fourth-order valence-corrected chi connectivity index (χ4v) is 2.17. The summed E-state index contributed by atoms with van der Waals surface area (Å²) in [6.45, 7) is 0.0480. The average molecular weight is 274 g/mol. The average Bonchev–Trinajstić information content (AvgIpc) is 3.19. The zero-order valence-electron chi connectivity index (χ0n) is 10.9. The summed E-state index contributed by atoms with van der Waals surface area (Å²) in [6, 6.07) is 7.97. The topological polar surface area (TPSA) is 57.3 Å². The van der Waals surface area contributed by atoms with E-state index in [0.29, 0.717) is 23.0 Å². The van der Waals surface area contributed by atoms with Crippen molar-refractivity contribution in [2.45, 2.75) is 25.5 Å². The Bertz CT molecular complexity index is 647. The lowest BCUT2D eigenvalue weighted by Gasteiger charge is -2.08. The first-order valence-electron chi connectivity index (χ1n) is 6.52. The number of esters is 1. The molecule has 0 atom stereocenters. The third-order valence-electron chi connectivity index (χ3n) is 3.28. The molecular weight excluding hydrogens is 259 g/mol.